The van der Waals surface area contributed by atoms with E-state index < -0.39 is 0 Å². The molecule has 2 atom stereocenters. The molecule has 0 aromatic carbocycles. The molecule has 13 heavy (non-hydrogen) atoms. The van der Waals surface area contributed by atoms with Gasteiger partial charge in [-0.2, -0.15) is 10.2 Å². The van der Waals surface area contributed by atoms with Crippen LogP contribution < -0.4 is 0 Å². The number of rotatable bonds is 0. The fourth-order valence-electron chi connectivity index (χ4n) is 3.28. The van der Waals surface area contributed by atoms with E-state index in [0.29, 0.717) is 11.3 Å². The third kappa shape index (κ3) is 0.742. The second-order valence-electron chi connectivity index (χ2n) is 4.88. The molecule has 2 unspecified atom stereocenters. The fourth-order valence-corrected chi connectivity index (χ4v) is 3.28. The van der Waals surface area contributed by atoms with Crippen LogP contribution in [0.4, 0.5) is 0 Å². The summed E-state index contributed by atoms with van der Waals surface area (Å²) in [5, 5.41) is 8.28. The Bertz CT molecular complexity index is 324. The van der Waals surface area contributed by atoms with E-state index >= 15 is 0 Å². The lowest BCUT2D eigenvalue weighted by Gasteiger charge is -2.23. The van der Waals surface area contributed by atoms with Gasteiger partial charge in [-0.25, -0.2) is 0 Å². The van der Waals surface area contributed by atoms with Crippen molar-refractivity contribution in [1.29, 1.82) is 0 Å². The minimum atomic E-state index is 0.429. The first kappa shape index (κ1) is 7.48. The molecule has 1 heterocycles. The Morgan fingerprint density at radius 3 is 2.85 bits per heavy atom. The largest absolute Gasteiger partial charge is 0.159 e. The molecule has 68 valence electrons. The molecular weight excluding hydrogens is 160 g/mol. The Labute approximate surface area is 78.4 Å². The van der Waals surface area contributed by atoms with Crippen LogP contribution in [0.15, 0.2) is 12.3 Å². The van der Waals surface area contributed by atoms with Crippen molar-refractivity contribution in [3.05, 3.63) is 23.5 Å². The molecule has 1 aromatic rings. The molecule has 0 spiro atoms. The molecule has 1 fully saturated rings. The second kappa shape index (κ2) is 2.11. The number of hydrogen-bond donors (Lipinski definition) is 0. The average Bonchev–Trinajstić information content (AvgIpc) is 2.54. The monoisotopic (exact) mass is 174 g/mol. The SMILES string of the molecule is CC1(C)C2CCC1c1nnccc12. The van der Waals surface area contributed by atoms with E-state index in [2.05, 4.69) is 30.1 Å². The van der Waals surface area contributed by atoms with Crippen LogP contribution in [0.2, 0.25) is 0 Å². The van der Waals surface area contributed by atoms with E-state index in [9.17, 15) is 0 Å². The summed E-state index contributed by atoms with van der Waals surface area (Å²) in [6.07, 6.45) is 4.48. The van der Waals surface area contributed by atoms with Crippen molar-refractivity contribution in [3.63, 3.8) is 0 Å². The Morgan fingerprint density at radius 2 is 2.08 bits per heavy atom. The maximum absolute atomic E-state index is 4.29. The van der Waals surface area contributed by atoms with Gasteiger partial charge in [-0.15, -0.1) is 0 Å². The van der Waals surface area contributed by atoms with Crippen LogP contribution in [0, 0.1) is 5.41 Å². The third-order valence-corrected chi connectivity index (χ3v) is 4.03. The zero-order valence-corrected chi connectivity index (χ0v) is 8.12. The predicted octanol–water partition coefficient (Wildman–Crippen LogP) is 2.48. The number of fused-ring (bicyclic) bond motifs is 5. The van der Waals surface area contributed by atoms with Crippen LogP contribution in [0.5, 0.6) is 0 Å². The van der Waals surface area contributed by atoms with E-state index in [0.717, 1.165) is 5.92 Å². The summed E-state index contributed by atoms with van der Waals surface area (Å²) in [6, 6.07) is 2.16. The van der Waals surface area contributed by atoms with Crippen LogP contribution in [-0.2, 0) is 0 Å². The van der Waals surface area contributed by atoms with Gasteiger partial charge < -0.3 is 0 Å². The minimum absolute atomic E-state index is 0.429. The lowest BCUT2D eigenvalue weighted by molar-refractivity contribution is 0.323. The molecule has 0 saturated heterocycles. The molecule has 0 N–H and O–H groups in total. The van der Waals surface area contributed by atoms with E-state index in [1.54, 1.807) is 0 Å². The van der Waals surface area contributed by atoms with Gasteiger partial charge in [0.1, 0.15) is 0 Å². The van der Waals surface area contributed by atoms with Crippen LogP contribution >= 0.6 is 0 Å². The van der Waals surface area contributed by atoms with Gasteiger partial charge in [-0.1, -0.05) is 13.8 Å². The van der Waals surface area contributed by atoms with Crippen molar-refractivity contribution in [2.45, 2.75) is 38.5 Å². The Morgan fingerprint density at radius 1 is 1.31 bits per heavy atom. The molecule has 2 aliphatic rings. The van der Waals surface area contributed by atoms with Crippen LogP contribution in [0.1, 0.15) is 49.8 Å². The molecule has 0 amide bonds. The van der Waals surface area contributed by atoms with Crippen molar-refractivity contribution in [1.82, 2.24) is 10.2 Å². The van der Waals surface area contributed by atoms with Crippen molar-refractivity contribution < 1.29 is 0 Å². The zero-order valence-electron chi connectivity index (χ0n) is 8.12. The van der Waals surface area contributed by atoms with Crippen molar-refractivity contribution in [3.8, 4) is 0 Å². The predicted molar refractivity (Wildman–Crippen MR) is 50.5 cm³/mol. The highest BCUT2D eigenvalue weighted by Gasteiger charge is 2.52. The highest BCUT2D eigenvalue weighted by molar-refractivity contribution is 5.39. The normalized spacial score (nSPS) is 33.4. The molecule has 1 saturated carbocycles. The molecule has 2 bridgehead atoms. The molecule has 0 radical (unpaired) electrons. The minimum Gasteiger partial charge on any atom is -0.159 e. The summed E-state index contributed by atoms with van der Waals surface area (Å²) in [5.74, 6) is 1.41. The average molecular weight is 174 g/mol. The third-order valence-electron chi connectivity index (χ3n) is 4.03. The molecule has 2 nitrogen and oxygen atoms in total. The summed E-state index contributed by atoms with van der Waals surface area (Å²) in [7, 11) is 0. The first-order chi connectivity index (χ1) is 6.21. The van der Waals surface area contributed by atoms with Gasteiger partial charge in [0.2, 0.25) is 0 Å². The van der Waals surface area contributed by atoms with Gasteiger partial charge >= 0.3 is 0 Å². The highest BCUT2D eigenvalue weighted by Crippen LogP contribution is 2.63. The van der Waals surface area contributed by atoms with Crippen LogP contribution in [-0.4, -0.2) is 10.2 Å². The van der Waals surface area contributed by atoms with E-state index in [-0.39, 0.29) is 0 Å². The standard InChI is InChI=1S/C11H14N2/c1-11(2)8-3-4-9(11)10-7(8)5-6-12-13-10/h5-6,8-9H,3-4H2,1-2H3. The Kier molecular flexibility index (Phi) is 1.22. The molecule has 3 rings (SSSR count). The second-order valence-corrected chi connectivity index (χ2v) is 4.88. The molecular formula is C11H14N2. The summed E-state index contributed by atoms with van der Waals surface area (Å²) in [4.78, 5) is 0. The molecule has 2 heteroatoms. The number of nitrogens with zero attached hydrogens (tertiary/aromatic N) is 2. The van der Waals surface area contributed by atoms with Crippen molar-refractivity contribution in [2.24, 2.45) is 5.41 Å². The van der Waals surface area contributed by atoms with Gasteiger partial charge in [0, 0.05) is 12.1 Å². The summed E-state index contributed by atoms with van der Waals surface area (Å²) < 4.78 is 0. The summed E-state index contributed by atoms with van der Waals surface area (Å²) >= 11 is 0. The van der Waals surface area contributed by atoms with Crippen LogP contribution in [0.25, 0.3) is 0 Å². The molecule has 1 aromatic heterocycles. The fraction of sp³-hybridized carbons (Fsp3) is 0.636. The van der Waals surface area contributed by atoms with Gasteiger partial charge in [0.25, 0.3) is 0 Å². The Hall–Kier alpha value is -0.920. The summed E-state index contributed by atoms with van der Waals surface area (Å²) in [6.45, 7) is 4.74. The van der Waals surface area contributed by atoms with Crippen molar-refractivity contribution >= 4 is 0 Å². The molecule has 0 aliphatic heterocycles. The van der Waals surface area contributed by atoms with E-state index in [4.69, 9.17) is 0 Å². The molecule has 2 aliphatic carbocycles. The smallest absolute Gasteiger partial charge is 0.0702 e. The van der Waals surface area contributed by atoms with Crippen molar-refractivity contribution in [2.75, 3.05) is 0 Å². The van der Waals surface area contributed by atoms with Gasteiger partial charge in [0.15, 0.2) is 0 Å². The topological polar surface area (TPSA) is 25.8 Å². The number of aromatic nitrogens is 2. The first-order valence-electron chi connectivity index (χ1n) is 5.03. The maximum atomic E-state index is 4.29. The first-order valence-corrected chi connectivity index (χ1v) is 5.03. The van der Waals surface area contributed by atoms with Crippen LogP contribution in [0.3, 0.4) is 0 Å². The quantitative estimate of drug-likeness (QED) is 0.604. The lowest BCUT2D eigenvalue weighted by Crippen LogP contribution is -2.14. The van der Waals surface area contributed by atoms with Gasteiger partial charge in [0.05, 0.1) is 5.69 Å². The maximum Gasteiger partial charge on any atom is 0.0702 e. The van der Waals surface area contributed by atoms with E-state index in [1.165, 1.54) is 24.1 Å². The zero-order chi connectivity index (χ0) is 9.05. The lowest BCUT2D eigenvalue weighted by atomic mass is 9.80. The van der Waals surface area contributed by atoms with Gasteiger partial charge in [-0.05, 0) is 35.8 Å². The Balaban J connectivity index is 2.23. The van der Waals surface area contributed by atoms with Gasteiger partial charge in [-0.3, -0.25) is 0 Å². The highest BCUT2D eigenvalue weighted by atomic mass is 15.1. The summed E-state index contributed by atoms with van der Waals surface area (Å²) in [5.41, 5.74) is 3.18. The van der Waals surface area contributed by atoms with E-state index in [1.807, 2.05) is 6.20 Å². The number of hydrogen-bond acceptors (Lipinski definition) is 2.